The predicted molar refractivity (Wildman–Crippen MR) is 84.6 cm³/mol. The molecule has 0 saturated carbocycles. The summed E-state index contributed by atoms with van der Waals surface area (Å²) in [7, 11) is -2.41. The van der Waals surface area contributed by atoms with Gasteiger partial charge in [0.25, 0.3) is 0 Å². The first-order valence-corrected chi connectivity index (χ1v) is 8.77. The molecule has 8 heteroatoms. The number of amides is 1. The van der Waals surface area contributed by atoms with Crippen LogP contribution in [0.3, 0.4) is 0 Å². The third kappa shape index (κ3) is 3.89. The monoisotopic (exact) mass is 340 g/mol. The summed E-state index contributed by atoms with van der Waals surface area (Å²) in [5.74, 6) is -1.92. The highest BCUT2D eigenvalue weighted by Gasteiger charge is 2.26. The Morgan fingerprint density at radius 1 is 1.39 bits per heavy atom. The molecule has 0 radical (unpaired) electrons. The Bertz CT molecular complexity index is 729. The predicted octanol–water partition coefficient (Wildman–Crippen LogP) is 1.30. The van der Waals surface area contributed by atoms with Crippen LogP contribution in [-0.2, 0) is 26.0 Å². The van der Waals surface area contributed by atoms with Crippen LogP contribution < -0.4 is 5.32 Å². The first kappa shape index (κ1) is 17.4. The van der Waals surface area contributed by atoms with Crippen LogP contribution in [0.25, 0.3) is 0 Å². The molecule has 0 bridgehead atoms. The van der Waals surface area contributed by atoms with E-state index in [1.54, 1.807) is 12.1 Å². The van der Waals surface area contributed by atoms with Crippen molar-refractivity contribution < 1.29 is 23.1 Å². The van der Waals surface area contributed by atoms with Crippen molar-refractivity contribution in [1.29, 1.82) is 0 Å². The number of fused-ring (bicyclic) bond motifs is 1. The molecule has 1 aromatic rings. The molecule has 0 aromatic heterocycles. The molecule has 1 aliphatic rings. The van der Waals surface area contributed by atoms with Gasteiger partial charge in [-0.15, -0.1) is 0 Å². The number of hydrogen-bond donors (Lipinski definition) is 2. The standard InChI is InChI=1S/C15H20N2O5S/c1-10(15(19)20)9-17(2)23(21,22)12-6-7-13-11(8-12)4-3-5-14(18)16-13/h6-8,10H,3-5,9H2,1-2H3,(H,16,18)(H,19,20). The second-order valence-corrected chi connectivity index (χ2v) is 7.79. The second-order valence-electron chi connectivity index (χ2n) is 5.75. The van der Waals surface area contributed by atoms with Gasteiger partial charge >= 0.3 is 5.97 Å². The minimum absolute atomic E-state index is 0.0771. The number of nitrogens with zero attached hydrogens (tertiary/aromatic N) is 1. The van der Waals surface area contributed by atoms with E-state index in [1.807, 2.05) is 0 Å². The summed E-state index contributed by atoms with van der Waals surface area (Å²) in [5.41, 5.74) is 1.41. The Labute approximate surface area is 135 Å². The molecule has 2 rings (SSSR count). The van der Waals surface area contributed by atoms with Gasteiger partial charge in [0, 0.05) is 25.7 Å². The summed E-state index contributed by atoms with van der Waals surface area (Å²) >= 11 is 0. The number of anilines is 1. The van der Waals surface area contributed by atoms with Crippen molar-refractivity contribution in [3.63, 3.8) is 0 Å². The maximum Gasteiger partial charge on any atom is 0.307 e. The fourth-order valence-electron chi connectivity index (χ4n) is 2.45. The van der Waals surface area contributed by atoms with Crippen LogP contribution in [0.5, 0.6) is 0 Å². The second kappa shape index (κ2) is 6.67. The quantitative estimate of drug-likeness (QED) is 0.841. The van der Waals surface area contributed by atoms with Crippen molar-refractivity contribution in [2.45, 2.75) is 31.1 Å². The highest BCUT2D eigenvalue weighted by Crippen LogP contribution is 2.26. The number of aryl methyl sites for hydroxylation is 1. The Hall–Kier alpha value is -1.93. The molecule has 0 fully saturated rings. The number of nitrogens with one attached hydrogen (secondary N) is 1. The van der Waals surface area contributed by atoms with Crippen molar-refractivity contribution in [1.82, 2.24) is 4.31 Å². The Morgan fingerprint density at radius 2 is 2.09 bits per heavy atom. The van der Waals surface area contributed by atoms with Crippen LogP contribution >= 0.6 is 0 Å². The van der Waals surface area contributed by atoms with E-state index >= 15 is 0 Å². The number of benzene rings is 1. The molecule has 0 aliphatic carbocycles. The zero-order chi connectivity index (χ0) is 17.2. The molecule has 1 unspecified atom stereocenters. The number of rotatable bonds is 5. The van der Waals surface area contributed by atoms with Crippen LogP contribution in [0, 0.1) is 5.92 Å². The average Bonchev–Trinajstić information content (AvgIpc) is 2.66. The highest BCUT2D eigenvalue weighted by atomic mass is 32.2. The Balaban J connectivity index is 2.28. The van der Waals surface area contributed by atoms with E-state index in [4.69, 9.17) is 5.11 Å². The van der Waals surface area contributed by atoms with Crippen molar-refractivity contribution in [3.8, 4) is 0 Å². The number of carbonyl (C=O) groups is 2. The van der Waals surface area contributed by atoms with Gasteiger partial charge in [0.1, 0.15) is 0 Å². The Morgan fingerprint density at radius 3 is 2.74 bits per heavy atom. The molecule has 1 atom stereocenters. The number of carboxylic acids is 1. The van der Waals surface area contributed by atoms with Gasteiger partial charge in [0.05, 0.1) is 10.8 Å². The number of carboxylic acid groups (broad SMARTS) is 1. The highest BCUT2D eigenvalue weighted by molar-refractivity contribution is 7.89. The van der Waals surface area contributed by atoms with Crippen molar-refractivity contribution in [2.75, 3.05) is 18.9 Å². The number of sulfonamides is 1. The lowest BCUT2D eigenvalue weighted by molar-refractivity contribution is -0.141. The van der Waals surface area contributed by atoms with Crippen LogP contribution in [0.15, 0.2) is 23.1 Å². The molecule has 0 saturated heterocycles. The van der Waals surface area contributed by atoms with Gasteiger partial charge in [-0.2, -0.15) is 0 Å². The van der Waals surface area contributed by atoms with Gasteiger partial charge < -0.3 is 10.4 Å². The molecule has 23 heavy (non-hydrogen) atoms. The smallest absolute Gasteiger partial charge is 0.307 e. The average molecular weight is 340 g/mol. The van der Waals surface area contributed by atoms with Gasteiger partial charge in [-0.3, -0.25) is 9.59 Å². The molecule has 2 N–H and O–H groups in total. The van der Waals surface area contributed by atoms with Crippen LogP contribution in [0.4, 0.5) is 5.69 Å². The molecule has 7 nitrogen and oxygen atoms in total. The largest absolute Gasteiger partial charge is 0.481 e. The summed E-state index contributed by atoms with van der Waals surface area (Å²) in [6, 6.07) is 4.57. The molecule has 1 amide bonds. The van der Waals surface area contributed by atoms with E-state index in [0.717, 1.165) is 9.87 Å². The molecule has 1 aromatic carbocycles. The fourth-order valence-corrected chi connectivity index (χ4v) is 3.76. The summed E-state index contributed by atoms with van der Waals surface area (Å²) < 4.78 is 26.2. The van der Waals surface area contributed by atoms with Crippen molar-refractivity contribution >= 4 is 27.6 Å². The number of aliphatic carboxylic acids is 1. The third-order valence-electron chi connectivity index (χ3n) is 3.86. The molecule has 0 spiro atoms. The van der Waals surface area contributed by atoms with E-state index in [9.17, 15) is 18.0 Å². The summed E-state index contributed by atoms with van der Waals surface area (Å²) in [4.78, 5) is 22.5. The van der Waals surface area contributed by atoms with E-state index < -0.39 is 21.9 Å². The molecule has 126 valence electrons. The van der Waals surface area contributed by atoms with Gasteiger partial charge in [-0.25, -0.2) is 12.7 Å². The lowest BCUT2D eigenvalue weighted by atomic mass is 10.1. The van der Waals surface area contributed by atoms with Gasteiger partial charge in [0.2, 0.25) is 15.9 Å². The molecule has 1 aliphatic heterocycles. The molecular formula is C15H20N2O5S. The van der Waals surface area contributed by atoms with Gasteiger partial charge in [0.15, 0.2) is 0 Å². The zero-order valence-corrected chi connectivity index (χ0v) is 13.9. The first-order chi connectivity index (χ1) is 10.7. The number of carbonyl (C=O) groups excluding carboxylic acids is 1. The summed E-state index contributed by atoms with van der Waals surface area (Å²) in [6.07, 6.45) is 1.69. The summed E-state index contributed by atoms with van der Waals surface area (Å²) in [6.45, 7) is 1.35. The fraction of sp³-hybridized carbons (Fsp3) is 0.467. The summed E-state index contributed by atoms with van der Waals surface area (Å²) in [5, 5.41) is 11.7. The van der Waals surface area contributed by atoms with Gasteiger partial charge in [-0.1, -0.05) is 6.92 Å². The van der Waals surface area contributed by atoms with E-state index in [-0.39, 0.29) is 17.3 Å². The normalized spacial score (nSPS) is 16.4. The zero-order valence-electron chi connectivity index (χ0n) is 13.1. The van der Waals surface area contributed by atoms with Crippen molar-refractivity contribution in [2.24, 2.45) is 5.92 Å². The van der Waals surface area contributed by atoms with E-state index in [1.165, 1.54) is 20.0 Å². The van der Waals surface area contributed by atoms with E-state index in [2.05, 4.69) is 5.32 Å². The first-order valence-electron chi connectivity index (χ1n) is 7.33. The van der Waals surface area contributed by atoms with Crippen molar-refractivity contribution in [3.05, 3.63) is 23.8 Å². The molecule has 1 heterocycles. The lowest BCUT2D eigenvalue weighted by Gasteiger charge is -2.20. The van der Waals surface area contributed by atoms with Crippen LogP contribution in [0.2, 0.25) is 0 Å². The Kier molecular flexibility index (Phi) is 5.06. The van der Waals surface area contributed by atoms with E-state index in [0.29, 0.717) is 24.9 Å². The topological polar surface area (TPSA) is 104 Å². The minimum atomic E-state index is -3.77. The van der Waals surface area contributed by atoms with Crippen LogP contribution in [0.1, 0.15) is 25.3 Å². The number of hydrogen-bond acceptors (Lipinski definition) is 4. The maximum absolute atomic E-state index is 12.6. The molecular weight excluding hydrogens is 320 g/mol. The third-order valence-corrected chi connectivity index (χ3v) is 5.68. The minimum Gasteiger partial charge on any atom is -0.481 e. The maximum atomic E-state index is 12.6. The van der Waals surface area contributed by atoms with Crippen LogP contribution in [-0.4, -0.2) is 43.3 Å². The SMILES string of the molecule is CC(CN(C)S(=O)(=O)c1ccc2c(c1)CCCC(=O)N2)C(=O)O. The lowest BCUT2D eigenvalue weighted by Crippen LogP contribution is -2.33. The van der Waals surface area contributed by atoms with Gasteiger partial charge in [-0.05, 0) is 36.6 Å².